The van der Waals surface area contributed by atoms with Crippen molar-refractivity contribution in [3.05, 3.63) is 30.1 Å². The first-order chi connectivity index (χ1) is 9.28. The number of ether oxygens (including phenoxy) is 1. The number of aliphatic imine (C=N–C) groups is 1. The second-order valence-electron chi connectivity index (χ2n) is 4.46. The molecule has 0 bridgehead atoms. The van der Waals surface area contributed by atoms with Crippen LogP contribution in [0.3, 0.4) is 0 Å². The van der Waals surface area contributed by atoms with Crippen molar-refractivity contribution < 1.29 is 4.74 Å². The van der Waals surface area contributed by atoms with Gasteiger partial charge in [0.25, 0.3) is 0 Å². The lowest BCUT2D eigenvalue weighted by molar-refractivity contribution is 0.172. The van der Waals surface area contributed by atoms with Crippen LogP contribution in [-0.4, -0.2) is 40.7 Å². The molecule has 0 saturated carbocycles. The van der Waals surface area contributed by atoms with Crippen molar-refractivity contribution in [2.75, 3.05) is 19.5 Å². The molecule has 0 saturated heterocycles. The largest absolute Gasteiger partial charge is 0.383 e. The van der Waals surface area contributed by atoms with Gasteiger partial charge in [-0.15, -0.1) is 0 Å². The molecule has 6 heteroatoms. The maximum absolute atomic E-state index is 5.87. The summed E-state index contributed by atoms with van der Waals surface area (Å²) in [6, 6.07) is 5.86. The number of hydrogen-bond acceptors (Lipinski definition) is 5. The summed E-state index contributed by atoms with van der Waals surface area (Å²) in [4.78, 5) is 8.51. The first-order valence-corrected chi connectivity index (χ1v) is 6.09. The number of nitrogens with zero attached hydrogens (tertiary/aromatic N) is 4. The van der Waals surface area contributed by atoms with Gasteiger partial charge in [0.1, 0.15) is 5.82 Å². The number of nitrogen functional groups attached to an aromatic ring is 1. The van der Waals surface area contributed by atoms with Crippen LogP contribution in [0.2, 0.25) is 0 Å². The van der Waals surface area contributed by atoms with E-state index in [1.807, 2.05) is 29.1 Å². The number of pyridine rings is 1. The maximum Gasteiger partial charge on any atom is 0.132 e. The fourth-order valence-corrected chi connectivity index (χ4v) is 2.16. The second-order valence-corrected chi connectivity index (χ2v) is 4.46. The summed E-state index contributed by atoms with van der Waals surface area (Å²) in [5.74, 6) is 0.489. The molecule has 2 aromatic heterocycles. The van der Waals surface area contributed by atoms with E-state index >= 15 is 0 Å². The maximum atomic E-state index is 5.87. The highest BCUT2D eigenvalue weighted by atomic mass is 16.5. The Labute approximate surface area is 110 Å². The monoisotopic (exact) mass is 257 g/mol. The Balaban J connectivity index is 1.93. The average molecular weight is 257 g/mol. The molecule has 2 N–H and O–H groups in total. The third-order valence-electron chi connectivity index (χ3n) is 3.09. The Morgan fingerprint density at radius 2 is 2.42 bits per heavy atom. The van der Waals surface area contributed by atoms with E-state index in [0.29, 0.717) is 12.4 Å². The second kappa shape index (κ2) is 4.81. The average Bonchev–Trinajstić information content (AvgIpc) is 2.82. The van der Waals surface area contributed by atoms with Crippen molar-refractivity contribution in [1.82, 2.24) is 14.8 Å². The molecule has 1 aliphatic heterocycles. The minimum atomic E-state index is 0.122. The van der Waals surface area contributed by atoms with E-state index in [9.17, 15) is 0 Å². The summed E-state index contributed by atoms with van der Waals surface area (Å²) < 4.78 is 7.05. The lowest BCUT2D eigenvalue weighted by Gasteiger charge is -2.16. The summed E-state index contributed by atoms with van der Waals surface area (Å²) in [5.41, 5.74) is 8.52. The highest BCUT2D eigenvalue weighted by Crippen LogP contribution is 2.24. The molecule has 3 rings (SSSR count). The number of methoxy groups -OCH3 is 1. The van der Waals surface area contributed by atoms with Gasteiger partial charge in [0.15, 0.2) is 0 Å². The van der Waals surface area contributed by atoms with Crippen molar-refractivity contribution in [2.24, 2.45) is 4.99 Å². The lowest BCUT2D eigenvalue weighted by atomic mass is 10.2. The highest BCUT2D eigenvalue weighted by molar-refractivity contribution is 5.82. The van der Waals surface area contributed by atoms with Crippen molar-refractivity contribution in [2.45, 2.75) is 12.6 Å². The van der Waals surface area contributed by atoms with E-state index in [4.69, 9.17) is 10.5 Å². The number of nitrogens with two attached hydrogens (primary N) is 1. The quantitative estimate of drug-likeness (QED) is 0.888. The Morgan fingerprint density at radius 1 is 1.53 bits per heavy atom. The van der Waals surface area contributed by atoms with Crippen LogP contribution < -0.4 is 5.73 Å². The van der Waals surface area contributed by atoms with Gasteiger partial charge in [0.2, 0.25) is 0 Å². The first kappa shape index (κ1) is 11.9. The zero-order valence-corrected chi connectivity index (χ0v) is 10.7. The summed E-state index contributed by atoms with van der Waals surface area (Å²) in [6.45, 7) is 1.32. The zero-order valence-electron chi connectivity index (χ0n) is 10.7. The van der Waals surface area contributed by atoms with Crippen molar-refractivity contribution in [3.8, 4) is 11.3 Å². The van der Waals surface area contributed by atoms with Gasteiger partial charge in [0, 0.05) is 25.1 Å². The molecule has 0 aromatic carbocycles. The fraction of sp³-hybridized carbons (Fsp3) is 0.308. The van der Waals surface area contributed by atoms with Gasteiger partial charge in [-0.3, -0.25) is 9.67 Å². The summed E-state index contributed by atoms with van der Waals surface area (Å²) in [7, 11) is 1.68. The normalized spacial score (nSPS) is 17.4. The van der Waals surface area contributed by atoms with Crippen molar-refractivity contribution in [3.63, 3.8) is 0 Å². The van der Waals surface area contributed by atoms with E-state index in [2.05, 4.69) is 15.1 Å². The molecule has 0 radical (unpaired) electrons. The van der Waals surface area contributed by atoms with Crippen LogP contribution >= 0.6 is 0 Å². The van der Waals surface area contributed by atoms with E-state index < -0.39 is 0 Å². The van der Waals surface area contributed by atoms with Gasteiger partial charge in [-0.25, -0.2) is 4.98 Å². The van der Waals surface area contributed by atoms with Crippen LogP contribution in [0.4, 0.5) is 5.82 Å². The summed E-state index contributed by atoms with van der Waals surface area (Å²) in [6.07, 6.45) is 3.50. The minimum Gasteiger partial charge on any atom is -0.383 e. The van der Waals surface area contributed by atoms with E-state index in [1.165, 1.54) is 0 Å². The zero-order chi connectivity index (χ0) is 13.2. The van der Waals surface area contributed by atoms with Gasteiger partial charge in [-0.1, -0.05) is 0 Å². The van der Waals surface area contributed by atoms with Crippen molar-refractivity contribution in [1.29, 1.82) is 0 Å². The molecule has 0 spiro atoms. The highest BCUT2D eigenvalue weighted by Gasteiger charge is 2.18. The third kappa shape index (κ3) is 2.22. The molecule has 0 unspecified atom stereocenters. The first-order valence-electron chi connectivity index (χ1n) is 6.09. The summed E-state index contributed by atoms with van der Waals surface area (Å²) >= 11 is 0. The number of rotatable bonds is 3. The molecule has 0 aliphatic carbocycles. The number of hydrogen-bond donors (Lipinski definition) is 1. The van der Waals surface area contributed by atoms with E-state index in [-0.39, 0.29) is 6.04 Å². The molecule has 1 aliphatic rings. The van der Waals surface area contributed by atoms with Crippen LogP contribution in [0.1, 0.15) is 5.69 Å². The Morgan fingerprint density at radius 3 is 3.21 bits per heavy atom. The third-order valence-corrected chi connectivity index (χ3v) is 3.09. The minimum absolute atomic E-state index is 0.122. The van der Waals surface area contributed by atoms with Gasteiger partial charge >= 0.3 is 0 Å². The van der Waals surface area contributed by atoms with E-state index in [1.54, 1.807) is 13.3 Å². The molecule has 19 heavy (non-hydrogen) atoms. The van der Waals surface area contributed by atoms with Crippen LogP contribution in [-0.2, 0) is 11.3 Å². The Bertz CT molecular complexity index is 619. The molecule has 0 amide bonds. The van der Waals surface area contributed by atoms with E-state index in [0.717, 1.165) is 23.5 Å². The number of fused-ring (bicyclic) bond motifs is 1. The van der Waals surface area contributed by atoms with Gasteiger partial charge in [-0.05, 0) is 18.2 Å². The molecule has 3 heterocycles. The lowest BCUT2D eigenvalue weighted by Crippen LogP contribution is -2.25. The van der Waals surface area contributed by atoms with Crippen molar-refractivity contribution >= 4 is 12.0 Å². The number of aromatic nitrogens is 3. The Kier molecular flexibility index (Phi) is 3.00. The molecule has 2 aromatic rings. The standard InChI is InChI=1S/C13H15N5O/c1-19-8-9-7-18-10(6-16-9)5-12(17-18)11-3-2-4-15-13(11)14/h2-6,9H,7-8H2,1H3,(H2,14,15)/t9-/m0/s1. The predicted octanol–water partition coefficient (Wildman–Crippen LogP) is 0.975. The molecule has 1 atom stereocenters. The van der Waals surface area contributed by atoms with Crippen LogP contribution in [0.5, 0.6) is 0 Å². The van der Waals surface area contributed by atoms with Gasteiger partial charge in [0.05, 0.1) is 30.6 Å². The SMILES string of the molecule is COC[C@@H]1Cn2nc(-c3cccnc3N)cc2C=N1. The fourth-order valence-electron chi connectivity index (χ4n) is 2.16. The predicted molar refractivity (Wildman–Crippen MR) is 73.1 cm³/mol. The van der Waals surface area contributed by atoms with Crippen LogP contribution in [0.25, 0.3) is 11.3 Å². The topological polar surface area (TPSA) is 78.3 Å². The molecular weight excluding hydrogens is 242 g/mol. The van der Waals surface area contributed by atoms with Crippen LogP contribution in [0.15, 0.2) is 29.4 Å². The molecular formula is C13H15N5O. The molecule has 0 fully saturated rings. The van der Waals surface area contributed by atoms with Gasteiger partial charge in [-0.2, -0.15) is 5.10 Å². The van der Waals surface area contributed by atoms with Crippen LogP contribution in [0, 0.1) is 0 Å². The molecule has 6 nitrogen and oxygen atoms in total. The molecule has 98 valence electrons. The smallest absolute Gasteiger partial charge is 0.132 e. The summed E-state index contributed by atoms with van der Waals surface area (Å²) in [5, 5.41) is 4.56. The van der Waals surface area contributed by atoms with Gasteiger partial charge < -0.3 is 10.5 Å². The number of anilines is 1. The Hall–Kier alpha value is -2.21.